The van der Waals surface area contributed by atoms with E-state index in [-0.39, 0.29) is 31.5 Å². The van der Waals surface area contributed by atoms with Gasteiger partial charge in [0.05, 0.1) is 13.1 Å². The number of nitrogens with one attached hydrogen (secondary N) is 3. The maximum Gasteiger partial charge on any atom is 0.421 e. The van der Waals surface area contributed by atoms with Gasteiger partial charge in [0.15, 0.2) is 0 Å². The molecule has 23 heavy (non-hydrogen) atoms. The molecule has 1 aliphatic rings. The molecule has 0 aromatic rings. The number of hydrogen-bond donors (Lipinski definition) is 4. The van der Waals surface area contributed by atoms with Crippen LogP contribution in [0.4, 0.5) is 4.79 Å². The Hall–Kier alpha value is -1.13. The van der Waals surface area contributed by atoms with Crippen LogP contribution in [-0.2, 0) is 14.3 Å². The van der Waals surface area contributed by atoms with E-state index in [4.69, 9.17) is 5.84 Å². The van der Waals surface area contributed by atoms with Crippen LogP contribution in [0.15, 0.2) is 0 Å². The van der Waals surface area contributed by atoms with Crippen LogP contribution >= 0.6 is 21.6 Å². The van der Waals surface area contributed by atoms with E-state index in [0.29, 0.717) is 6.42 Å². The van der Waals surface area contributed by atoms with Gasteiger partial charge in [0.1, 0.15) is 6.61 Å². The average molecular weight is 364 g/mol. The van der Waals surface area contributed by atoms with Crippen LogP contribution in [0.25, 0.3) is 0 Å². The van der Waals surface area contributed by atoms with Crippen molar-refractivity contribution < 1.29 is 19.1 Å². The van der Waals surface area contributed by atoms with Gasteiger partial charge in [-0.05, 0) is 19.3 Å². The van der Waals surface area contributed by atoms with Gasteiger partial charge in [0, 0.05) is 17.4 Å². The molecule has 0 saturated carbocycles. The first-order chi connectivity index (χ1) is 11.1. The van der Waals surface area contributed by atoms with Crippen molar-refractivity contribution in [2.45, 2.75) is 37.4 Å². The molecule has 1 heterocycles. The van der Waals surface area contributed by atoms with Gasteiger partial charge in [-0.15, -0.1) is 0 Å². The molecule has 3 amide bonds. The quantitative estimate of drug-likeness (QED) is 0.147. The highest BCUT2D eigenvalue weighted by Gasteiger charge is 2.15. The molecular weight excluding hydrogens is 340 g/mol. The van der Waals surface area contributed by atoms with Crippen LogP contribution in [0.1, 0.15) is 32.1 Å². The third kappa shape index (κ3) is 10.3. The summed E-state index contributed by atoms with van der Waals surface area (Å²) in [5.41, 5.74) is 1.80. The number of hydrazine groups is 1. The predicted octanol–water partition coefficient (Wildman–Crippen LogP) is 0.533. The summed E-state index contributed by atoms with van der Waals surface area (Å²) in [5.74, 6) is 5.61. The molecule has 0 radical (unpaired) electrons. The smallest absolute Gasteiger partial charge is 0.421 e. The van der Waals surface area contributed by atoms with E-state index in [9.17, 15) is 14.4 Å². The fourth-order valence-electron chi connectivity index (χ4n) is 1.93. The topological polar surface area (TPSA) is 123 Å². The van der Waals surface area contributed by atoms with E-state index < -0.39 is 6.09 Å². The predicted molar refractivity (Wildman–Crippen MR) is 91.6 cm³/mol. The number of hydrogen-bond acceptors (Lipinski definition) is 7. The van der Waals surface area contributed by atoms with Crippen molar-refractivity contribution in [2.24, 2.45) is 5.84 Å². The van der Waals surface area contributed by atoms with Gasteiger partial charge >= 0.3 is 6.09 Å². The number of carbonyl (C=O) groups is 3. The van der Waals surface area contributed by atoms with Crippen molar-refractivity contribution in [1.29, 1.82) is 0 Å². The minimum absolute atomic E-state index is 0.0141. The maximum absolute atomic E-state index is 11.6. The molecule has 0 bridgehead atoms. The maximum atomic E-state index is 11.6. The first-order valence-corrected chi connectivity index (χ1v) is 9.95. The number of carbonyl (C=O) groups excluding carboxylic acids is 3. The van der Waals surface area contributed by atoms with Crippen molar-refractivity contribution in [1.82, 2.24) is 16.1 Å². The van der Waals surface area contributed by atoms with E-state index in [1.54, 1.807) is 5.43 Å². The minimum Gasteiger partial charge on any atom is -0.447 e. The molecule has 8 nitrogen and oxygen atoms in total. The molecule has 0 aromatic heterocycles. The number of ether oxygens (including phenoxy) is 1. The summed E-state index contributed by atoms with van der Waals surface area (Å²) in [6.45, 7) is 0.108. The lowest BCUT2D eigenvalue weighted by Crippen LogP contribution is -2.39. The van der Waals surface area contributed by atoms with Crippen molar-refractivity contribution in [2.75, 3.05) is 25.4 Å². The average Bonchev–Trinajstić information content (AvgIpc) is 3.06. The number of rotatable bonds is 10. The largest absolute Gasteiger partial charge is 0.447 e. The van der Waals surface area contributed by atoms with Crippen LogP contribution in [0, 0.1) is 0 Å². The Balaban J connectivity index is 1.93. The van der Waals surface area contributed by atoms with Gasteiger partial charge in [-0.1, -0.05) is 28.0 Å². The van der Waals surface area contributed by atoms with E-state index in [2.05, 4.69) is 15.4 Å². The third-order valence-electron chi connectivity index (χ3n) is 3.13. The summed E-state index contributed by atoms with van der Waals surface area (Å²) in [6.07, 6.45) is 3.98. The second-order valence-electron chi connectivity index (χ2n) is 4.98. The standard InChI is InChI=1S/C13H24N4O4S2/c14-17-13(20)21-7-6-15-12(19)9-16-11(18)4-2-1-3-10-5-8-22-23-10/h10H,1-9,14H2,(H,15,19)(H,16,18)(H,17,20). The van der Waals surface area contributed by atoms with Crippen LogP contribution < -0.4 is 21.9 Å². The fourth-order valence-corrected chi connectivity index (χ4v) is 4.96. The summed E-state index contributed by atoms with van der Waals surface area (Å²) < 4.78 is 4.59. The zero-order valence-electron chi connectivity index (χ0n) is 13.0. The second kappa shape index (κ2) is 12.3. The molecule has 1 aliphatic heterocycles. The van der Waals surface area contributed by atoms with Crippen molar-refractivity contribution in [3.05, 3.63) is 0 Å². The summed E-state index contributed by atoms with van der Waals surface area (Å²) in [5, 5.41) is 5.82. The highest BCUT2D eigenvalue weighted by molar-refractivity contribution is 8.77. The third-order valence-corrected chi connectivity index (χ3v) is 6.14. The van der Waals surface area contributed by atoms with Crippen LogP contribution in [-0.4, -0.2) is 48.6 Å². The SMILES string of the molecule is NNC(=O)OCCNC(=O)CNC(=O)CCCCC1CCSS1. The van der Waals surface area contributed by atoms with E-state index in [1.165, 1.54) is 12.2 Å². The second-order valence-corrected chi connectivity index (χ2v) is 7.77. The van der Waals surface area contributed by atoms with Crippen LogP contribution in [0.5, 0.6) is 0 Å². The molecular formula is C13H24N4O4S2. The molecule has 0 aromatic carbocycles. The van der Waals surface area contributed by atoms with E-state index in [0.717, 1.165) is 24.5 Å². The van der Waals surface area contributed by atoms with Crippen LogP contribution in [0.3, 0.4) is 0 Å². The van der Waals surface area contributed by atoms with Crippen molar-refractivity contribution in [3.8, 4) is 0 Å². The molecule has 1 fully saturated rings. The molecule has 10 heteroatoms. The molecule has 0 aliphatic carbocycles. The summed E-state index contributed by atoms with van der Waals surface area (Å²) in [6, 6.07) is 0. The Kier molecular flexibility index (Phi) is 10.7. The molecule has 1 unspecified atom stereocenters. The van der Waals surface area contributed by atoms with Gasteiger partial charge in [-0.2, -0.15) is 0 Å². The van der Waals surface area contributed by atoms with E-state index in [1.807, 2.05) is 21.6 Å². The first kappa shape index (κ1) is 19.9. The summed E-state index contributed by atoms with van der Waals surface area (Å²) in [4.78, 5) is 33.7. The number of unbranched alkanes of at least 4 members (excludes halogenated alkanes) is 1. The fraction of sp³-hybridized carbons (Fsp3) is 0.769. The molecule has 132 valence electrons. The zero-order chi connectivity index (χ0) is 16.9. The number of nitrogens with two attached hydrogens (primary N) is 1. The lowest BCUT2D eigenvalue weighted by atomic mass is 10.1. The first-order valence-electron chi connectivity index (χ1n) is 7.57. The monoisotopic (exact) mass is 364 g/mol. The zero-order valence-corrected chi connectivity index (χ0v) is 14.6. The van der Waals surface area contributed by atoms with Gasteiger partial charge in [-0.25, -0.2) is 10.6 Å². The number of amides is 3. The van der Waals surface area contributed by atoms with Crippen LogP contribution in [0.2, 0.25) is 0 Å². The molecule has 1 saturated heterocycles. The van der Waals surface area contributed by atoms with Crippen molar-refractivity contribution in [3.63, 3.8) is 0 Å². The highest BCUT2D eigenvalue weighted by Crippen LogP contribution is 2.39. The summed E-state index contributed by atoms with van der Waals surface area (Å²) >= 11 is 0. The van der Waals surface area contributed by atoms with Gasteiger partial charge in [-0.3, -0.25) is 15.0 Å². The summed E-state index contributed by atoms with van der Waals surface area (Å²) in [7, 11) is 3.87. The van der Waals surface area contributed by atoms with E-state index >= 15 is 0 Å². The van der Waals surface area contributed by atoms with Gasteiger partial charge in [0.25, 0.3) is 0 Å². The van der Waals surface area contributed by atoms with Gasteiger partial charge in [0.2, 0.25) is 11.8 Å². The van der Waals surface area contributed by atoms with Crippen molar-refractivity contribution >= 4 is 39.5 Å². The normalized spacial score (nSPS) is 16.7. The Bertz CT molecular complexity index is 392. The molecule has 1 rings (SSSR count). The minimum atomic E-state index is -0.762. The lowest BCUT2D eigenvalue weighted by molar-refractivity contribution is -0.126. The molecule has 5 N–H and O–H groups in total. The Labute approximate surface area is 143 Å². The lowest BCUT2D eigenvalue weighted by Gasteiger charge is -2.08. The Morgan fingerprint density at radius 1 is 1.17 bits per heavy atom. The molecule has 1 atom stereocenters. The Morgan fingerprint density at radius 2 is 2.00 bits per heavy atom. The highest BCUT2D eigenvalue weighted by atomic mass is 33.1. The molecule has 0 spiro atoms. The Morgan fingerprint density at radius 3 is 2.70 bits per heavy atom. The van der Waals surface area contributed by atoms with Gasteiger partial charge < -0.3 is 15.4 Å².